The number of aryl methyl sites for hydroxylation is 14. The minimum Gasteiger partial charge on any atom is -0.305 e. The van der Waals surface area contributed by atoms with Gasteiger partial charge in [0.1, 0.15) is 24.5 Å². The van der Waals surface area contributed by atoms with Crippen molar-refractivity contribution < 1.29 is 27.4 Å². The molecule has 15 heterocycles. The average Bonchev–Trinajstić information content (AvgIpc) is 1.58. The first-order valence-corrected chi connectivity index (χ1v) is 50.8. The van der Waals surface area contributed by atoms with E-state index in [2.05, 4.69) is 593 Å². The summed E-state index contributed by atoms with van der Waals surface area (Å²) in [7, 11) is 12.5. The summed E-state index contributed by atoms with van der Waals surface area (Å²) in [5.74, 6) is 10.5. The zero-order valence-corrected chi connectivity index (χ0v) is 89.1. The van der Waals surface area contributed by atoms with Crippen molar-refractivity contribution in [2.75, 3.05) is 58.8 Å². The Bertz CT molecular complexity index is 6720. The van der Waals surface area contributed by atoms with Gasteiger partial charge in [0.25, 0.3) is 40.7 Å². The molecular weight excluding hydrogens is 1810 g/mol. The third-order valence-electron chi connectivity index (χ3n) is 28.5. The van der Waals surface area contributed by atoms with Gasteiger partial charge in [0.05, 0.1) is 109 Å². The van der Waals surface area contributed by atoms with Gasteiger partial charge in [0, 0.05) is 83.4 Å². The van der Waals surface area contributed by atoms with Crippen LogP contribution >= 0.6 is 0 Å². The first-order chi connectivity index (χ1) is 71.0. The van der Waals surface area contributed by atoms with E-state index >= 15 is 0 Å². The lowest BCUT2D eigenvalue weighted by atomic mass is 9.87. The summed E-state index contributed by atoms with van der Waals surface area (Å²) in [6.07, 6.45) is 29.4. The van der Waals surface area contributed by atoms with Gasteiger partial charge >= 0.3 is 0 Å². The van der Waals surface area contributed by atoms with E-state index in [4.69, 9.17) is 0 Å². The Balaban J connectivity index is 0.000000116. The summed E-state index contributed by atoms with van der Waals surface area (Å²) < 4.78 is 12.9. The third kappa shape index (κ3) is 20.0. The summed E-state index contributed by atoms with van der Waals surface area (Å²) in [5, 5.41) is 0. The van der Waals surface area contributed by atoms with E-state index in [1.165, 1.54) is 119 Å². The largest absolute Gasteiger partial charge is 0.305 e. The number of nitrogens with zero attached hydrogens (tertiary/aromatic N) is 24. The van der Waals surface area contributed by atoms with Crippen molar-refractivity contribution in [2.45, 2.75) is 161 Å². The quantitative estimate of drug-likeness (QED) is 0.101. The number of pyridine rings is 6. The highest BCUT2D eigenvalue weighted by atomic mass is 15.5. The molecule has 17 aromatic rings. The van der Waals surface area contributed by atoms with Crippen LogP contribution in [0.4, 0.5) is 126 Å². The number of benzene rings is 8. The van der Waals surface area contributed by atoms with Crippen LogP contribution in [0.5, 0.6) is 0 Å². The van der Waals surface area contributed by atoms with Crippen molar-refractivity contribution in [3.05, 3.63) is 422 Å². The van der Waals surface area contributed by atoms with Crippen LogP contribution in [-0.4, -0.2) is 66.9 Å². The number of hydrogen-bond acceptors (Lipinski definition) is 18. The SMILES string of the molecule is Cc1cc(C)c(N2c3ccccc3N(c3cccc[n+]3C)[C@@H]2C)c(C)c1.Cc1ccc(CC(C)(C)C)cc1N1C=CN(c2cccc[n+]2C)[C@@H]1C.Cc1ccccc1N1c2ccccc2N(c2cccc[n+]2C)[C@@H]1C.Cc1ccccc1N1c2cncnc2N(c2cccc[n+]2C)[C@@H]1C.Cc1ccccc1N1c2nccnc2N(c2cccc[n+]2C)[C@@H]1C.Cc1ccccc1N1c2ncncc2N(c2cccc[n+]2C)[C@@H]1C. The van der Waals surface area contributed by atoms with Crippen LogP contribution in [0.3, 0.4) is 0 Å². The lowest BCUT2D eigenvalue weighted by molar-refractivity contribution is -0.658. The summed E-state index contributed by atoms with van der Waals surface area (Å²) in [4.78, 5) is 54.9. The zero-order chi connectivity index (χ0) is 103. The molecule has 8 aromatic carbocycles. The number of anilines is 22. The molecule has 23 rings (SSSR count). The van der Waals surface area contributed by atoms with Crippen LogP contribution in [0, 0.1) is 60.8 Å². The van der Waals surface area contributed by atoms with Gasteiger partial charge < -0.3 is 4.90 Å². The van der Waals surface area contributed by atoms with E-state index in [9.17, 15) is 0 Å². The van der Waals surface area contributed by atoms with E-state index in [0.29, 0.717) is 5.41 Å². The van der Waals surface area contributed by atoms with Crippen LogP contribution in [0.25, 0.3) is 0 Å². The second-order valence-corrected chi connectivity index (χ2v) is 40.0. The first kappa shape index (κ1) is 100. The Kier molecular flexibility index (Phi) is 29.4. The van der Waals surface area contributed by atoms with Gasteiger partial charge in [0.15, 0.2) is 59.9 Å². The van der Waals surface area contributed by atoms with Crippen molar-refractivity contribution in [3.8, 4) is 0 Å². The standard InChI is InChI=1S/C23H26N3.C22H30N3.C21H22N3.3C19H20N5/c1-16-14-17(2)23(18(3)15-16)26-19(4)25(20-10-6-7-11-21(20)26)22-12-8-9-13-24(22)5;1-17-10-11-19(16-22(3,4)5)15-20(17)24-13-14-25(18(24)2)21-9-7-8-12-23(21)6;1-16-10-4-5-11-18(16)23-17(2)24(20-13-7-6-12-19(20)23)21-14-8-9-15-22(21)3;1-14-8-4-5-9-16(14)23-15(2)24(17-10-6-7-13-22(17)3)19-18(23)20-11-12-21-19;1-14-8-4-5-9-16(14)24-15(2)23(17-12-20-13-21-19(17)24)18-10-6-7-11-22(18)3;1-14-8-4-5-9-16(14)23-15(2)24(18-10-6-7-11-22(18)3)19-17(23)12-20-13-21-19/h6-15,19H,1-5H3;7-15,18H,16H2,1-6H3;4-15,17H,1-3H3;3*4-13,15H,1-3H3/q6*+1/t19-;18-;17-;3*15-/m011101/s1. The molecule has 24 nitrogen and oxygen atoms in total. The Morgan fingerprint density at radius 2 is 0.531 bits per heavy atom. The molecule has 0 unspecified atom stereocenters. The van der Waals surface area contributed by atoms with Gasteiger partial charge in [-0.1, -0.05) is 184 Å². The number of hydrogen-bond donors (Lipinski definition) is 0. The molecule has 24 heteroatoms. The van der Waals surface area contributed by atoms with Gasteiger partial charge in [-0.15, -0.1) is 0 Å². The van der Waals surface area contributed by atoms with Gasteiger partial charge in [-0.3, -0.25) is 24.5 Å². The highest BCUT2D eigenvalue weighted by molar-refractivity contribution is 5.92. The molecule has 0 bridgehead atoms. The molecule has 744 valence electrons. The number of para-hydroxylation sites is 8. The molecule has 0 aliphatic carbocycles. The molecule has 0 spiro atoms. The molecule has 0 saturated heterocycles. The summed E-state index contributed by atoms with van der Waals surface area (Å²) in [5.41, 5.74) is 26.4. The molecular formula is C123H138N24+6. The molecule has 0 radical (unpaired) electrons. The maximum atomic E-state index is 4.63. The molecule has 147 heavy (non-hydrogen) atoms. The average molecular weight is 1950 g/mol. The van der Waals surface area contributed by atoms with Crippen molar-refractivity contribution in [2.24, 2.45) is 47.7 Å². The van der Waals surface area contributed by atoms with E-state index in [-0.39, 0.29) is 37.0 Å². The lowest BCUT2D eigenvalue weighted by Crippen LogP contribution is -2.43. The molecule has 6 aliphatic rings. The molecule has 0 amide bonds. The number of fused-ring (bicyclic) bond motifs is 5. The molecule has 0 saturated carbocycles. The predicted octanol–water partition coefficient (Wildman–Crippen LogP) is 23.8. The highest BCUT2D eigenvalue weighted by Crippen LogP contribution is 2.53. The Labute approximate surface area is 868 Å². The van der Waals surface area contributed by atoms with Gasteiger partial charge in [-0.25, -0.2) is 71.9 Å². The summed E-state index contributed by atoms with van der Waals surface area (Å²) in [6, 6.07) is 100. The van der Waals surface area contributed by atoms with Crippen LogP contribution in [0.15, 0.2) is 372 Å². The van der Waals surface area contributed by atoms with E-state index in [1.807, 2.05) is 30.6 Å². The fourth-order valence-electron chi connectivity index (χ4n) is 21.6. The van der Waals surface area contributed by atoms with Crippen LogP contribution < -0.4 is 86.2 Å². The molecule has 0 fully saturated rings. The van der Waals surface area contributed by atoms with Crippen molar-refractivity contribution in [1.29, 1.82) is 0 Å². The number of rotatable bonds is 13. The van der Waals surface area contributed by atoms with Gasteiger partial charge in [-0.05, 0) is 244 Å². The van der Waals surface area contributed by atoms with Crippen LogP contribution in [0.1, 0.15) is 112 Å². The number of aromatic nitrogens is 12. The minimum atomic E-state index is 0.0806. The fourth-order valence-corrected chi connectivity index (χ4v) is 21.6. The van der Waals surface area contributed by atoms with Crippen molar-refractivity contribution >= 4 is 126 Å². The topological polar surface area (TPSA) is 140 Å². The molecule has 9 aromatic heterocycles. The first-order valence-electron chi connectivity index (χ1n) is 50.8. The molecule has 6 aliphatic heterocycles. The summed E-state index contributed by atoms with van der Waals surface area (Å²) >= 11 is 0. The van der Waals surface area contributed by atoms with Gasteiger partial charge in [-0.2, -0.15) is 14.8 Å². The highest BCUT2D eigenvalue weighted by Gasteiger charge is 2.50. The maximum Gasteiger partial charge on any atom is 0.284 e. The Morgan fingerprint density at radius 1 is 0.245 bits per heavy atom. The normalized spacial score (nSPS) is 16.5. The van der Waals surface area contributed by atoms with Crippen LogP contribution in [-0.2, 0) is 48.7 Å². The Morgan fingerprint density at radius 3 is 0.939 bits per heavy atom. The Hall–Kier alpha value is -16.8. The molecule has 0 N–H and O–H groups in total. The smallest absolute Gasteiger partial charge is 0.284 e. The minimum absolute atomic E-state index is 0.0806. The molecule has 6 atom stereocenters. The second-order valence-electron chi connectivity index (χ2n) is 40.0. The zero-order valence-electron chi connectivity index (χ0n) is 89.1. The maximum absolute atomic E-state index is 4.63. The lowest BCUT2D eigenvalue weighted by Gasteiger charge is -2.28. The predicted molar refractivity (Wildman–Crippen MR) is 597 cm³/mol. The van der Waals surface area contributed by atoms with Gasteiger partial charge in [0.2, 0.25) is 11.6 Å². The fraction of sp³-hybridized carbons (Fsp3) is 0.252. The van der Waals surface area contributed by atoms with Crippen molar-refractivity contribution in [3.63, 3.8) is 0 Å². The monoisotopic (exact) mass is 1950 g/mol. The van der Waals surface area contributed by atoms with Crippen LogP contribution in [0.2, 0.25) is 0 Å². The summed E-state index contributed by atoms with van der Waals surface area (Å²) in [6.45, 7) is 37.6. The van der Waals surface area contributed by atoms with E-state index in [1.54, 1.807) is 25.0 Å². The third-order valence-corrected chi connectivity index (χ3v) is 28.5. The van der Waals surface area contributed by atoms with E-state index in [0.717, 1.165) is 64.2 Å². The van der Waals surface area contributed by atoms with Crippen molar-refractivity contribution in [1.82, 2.24) is 29.9 Å². The second kappa shape index (κ2) is 43.0. The van der Waals surface area contributed by atoms with E-state index < -0.39 is 0 Å².